The van der Waals surface area contributed by atoms with Gasteiger partial charge < -0.3 is 10.6 Å². The Kier molecular flexibility index (Phi) is 5.62. The van der Waals surface area contributed by atoms with Gasteiger partial charge in [0.15, 0.2) is 0 Å². The molecule has 0 unspecified atom stereocenters. The van der Waals surface area contributed by atoms with Crippen molar-refractivity contribution in [2.45, 2.75) is 13.3 Å². The highest BCUT2D eigenvalue weighted by molar-refractivity contribution is 6.39. The molecule has 7 heteroatoms. The van der Waals surface area contributed by atoms with Gasteiger partial charge >= 0.3 is 11.8 Å². The quantitative estimate of drug-likeness (QED) is 0.499. The molecular weight excluding hydrogens is 310 g/mol. The van der Waals surface area contributed by atoms with Crippen LogP contribution in [0.5, 0.6) is 0 Å². The minimum Gasteiger partial charge on any atom is -0.347 e. The first-order valence-electron chi connectivity index (χ1n) is 7.35. The first-order valence-corrected chi connectivity index (χ1v) is 7.35. The molecule has 0 aliphatic heterocycles. The summed E-state index contributed by atoms with van der Waals surface area (Å²) in [4.78, 5) is 33.8. The second kappa shape index (κ2) is 7.87. The van der Waals surface area contributed by atoms with Crippen molar-refractivity contribution in [3.8, 4) is 0 Å². The molecule has 0 atom stereocenters. The van der Waals surface area contributed by atoms with E-state index in [1.807, 2.05) is 30.3 Å². The van der Waals surface area contributed by atoms with Crippen LogP contribution in [0, 0.1) is 17.0 Å². The molecule has 0 aliphatic rings. The lowest BCUT2D eigenvalue weighted by Crippen LogP contribution is -2.36. The number of non-ortho nitro benzene ring substituents is 1. The molecule has 2 rings (SSSR count). The average Bonchev–Trinajstić information content (AvgIpc) is 2.57. The first-order chi connectivity index (χ1) is 11.5. The number of nitrogens with one attached hydrogen (secondary N) is 2. The summed E-state index contributed by atoms with van der Waals surface area (Å²) < 4.78 is 0. The Morgan fingerprint density at radius 3 is 2.42 bits per heavy atom. The lowest BCUT2D eigenvalue weighted by Gasteiger charge is -2.08. The molecule has 2 amide bonds. The smallest absolute Gasteiger partial charge is 0.313 e. The molecule has 2 aromatic carbocycles. The number of nitro groups is 1. The van der Waals surface area contributed by atoms with E-state index in [0.29, 0.717) is 24.2 Å². The van der Waals surface area contributed by atoms with Crippen molar-refractivity contribution in [2.24, 2.45) is 0 Å². The Morgan fingerprint density at radius 1 is 1.08 bits per heavy atom. The summed E-state index contributed by atoms with van der Waals surface area (Å²) in [5, 5.41) is 15.7. The maximum absolute atomic E-state index is 11.9. The van der Waals surface area contributed by atoms with Crippen molar-refractivity contribution in [3.63, 3.8) is 0 Å². The fourth-order valence-corrected chi connectivity index (χ4v) is 2.13. The molecular formula is C17H17N3O4. The molecule has 2 N–H and O–H groups in total. The van der Waals surface area contributed by atoms with Crippen LogP contribution in [-0.4, -0.2) is 23.3 Å². The number of anilines is 1. The maximum Gasteiger partial charge on any atom is 0.313 e. The number of amides is 2. The topological polar surface area (TPSA) is 101 Å². The molecule has 124 valence electrons. The van der Waals surface area contributed by atoms with Gasteiger partial charge in [-0.15, -0.1) is 0 Å². The monoisotopic (exact) mass is 327 g/mol. The van der Waals surface area contributed by atoms with Gasteiger partial charge in [0, 0.05) is 24.4 Å². The van der Waals surface area contributed by atoms with Crippen LogP contribution in [-0.2, 0) is 16.0 Å². The van der Waals surface area contributed by atoms with Gasteiger partial charge in [0.25, 0.3) is 5.69 Å². The van der Waals surface area contributed by atoms with Crippen LogP contribution >= 0.6 is 0 Å². The predicted octanol–water partition coefficient (Wildman–Crippen LogP) is 2.20. The van der Waals surface area contributed by atoms with Gasteiger partial charge in [0.05, 0.1) is 4.92 Å². The molecule has 0 aliphatic carbocycles. The highest BCUT2D eigenvalue weighted by Crippen LogP contribution is 2.20. The molecule has 24 heavy (non-hydrogen) atoms. The number of nitro benzene ring substituents is 1. The van der Waals surface area contributed by atoms with Gasteiger partial charge in [-0.1, -0.05) is 30.3 Å². The SMILES string of the molecule is Cc1cc([N+](=O)[O-])ccc1NC(=O)C(=O)NCCc1ccccc1. The molecule has 7 nitrogen and oxygen atoms in total. The first kappa shape index (κ1) is 17.1. The molecule has 0 heterocycles. The standard InChI is InChI=1S/C17H17N3O4/c1-12-11-14(20(23)24)7-8-15(12)19-17(22)16(21)18-10-9-13-5-3-2-4-6-13/h2-8,11H,9-10H2,1H3,(H,18,21)(H,19,22). The summed E-state index contributed by atoms with van der Waals surface area (Å²) in [6.45, 7) is 1.96. The summed E-state index contributed by atoms with van der Waals surface area (Å²) in [5.41, 5.74) is 1.86. The Balaban J connectivity index is 1.87. The van der Waals surface area contributed by atoms with E-state index < -0.39 is 16.7 Å². The zero-order chi connectivity index (χ0) is 17.5. The van der Waals surface area contributed by atoms with Crippen molar-refractivity contribution in [1.29, 1.82) is 0 Å². The van der Waals surface area contributed by atoms with Gasteiger partial charge in [-0.05, 0) is 30.5 Å². The summed E-state index contributed by atoms with van der Waals surface area (Å²) in [7, 11) is 0. The van der Waals surface area contributed by atoms with Gasteiger partial charge in [-0.3, -0.25) is 19.7 Å². The molecule has 0 saturated heterocycles. The van der Waals surface area contributed by atoms with Crippen LogP contribution in [0.4, 0.5) is 11.4 Å². The van der Waals surface area contributed by atoms with Crippen molar-refractivity contribution in [2.75, 3.05) is 11.9 Å². The van der Waals surface area contributed by atoms with E-state index in [9.17, 15) is 19.7 Å². The minimum absolute atomic E-state index is 0.0715. The van der Waals surface area contributed by atoms with E-state index in [1.54, 1.807) is 6.92 Å². The molecule has 2 aromatic rings. The van der Waals surface area contributed by atoms with E-state index in [4.69, 9.17) is 0 Å². The van der Waals surface area contributed by atoms with Gasteiger partial charge in [-0.2, -0.15) is 0 Å². The summed E-state index contributed by atoms with van der Waals surface area (Å²) in [6, 6.07) is 13.6. The number of hydrogen-bond acceptors (Lipinski definition) is 4. The van der Waals surface area contributed by atoms with E-state index in [2.05, 4.69) is 10.6 Å². The van der Waals surface area contributed by atoms with Gasteiger partial charge in [0.1, 0.15) is 0 Å². The zero-order valence-corrected chi connectivity index (χ0v) is 13.1. The predicted molar refractivity (Wildman–Crippen MR) is 89.6 cm³/mol. The Morgan fingerprint density at radius 2 is 1.79 bits per heavy atom. The largest absolute Gasteiger partial charge is 0.347 e. The number of benzene rings is 2. The van der Waals surface area contributed by atoms with Crippen LogP contribution in [0.1, 0.15) is 11.1 Å². The summed E-state index contributed by atoms with van der Waals surface area (Å²) >= 11 is 0. The fourth-order valence-electron chi connectivity index (χ4n) is 2.13. The second-order valence-electron chi connectivity index (χ2n) is 5.20. The van der Waals surface area contributed by atoms with E-state index in [-0.39, 0.29) is 5.69 Å². The number of carbonyl (C=O) groups is 2. The van der Waals surface area contributed by atoms with Crippen LogP contribution in [0.3, 0.4) is 0 Å². The molecule has 0 radical (unpaired) electrons. The number of nitrogens with zero attached hydrogens (tertiary/aromatic N) is 1. The van der Waals surface area contributed by atoms with Crippen molar-refractivity contribution >= 4 is 23.2 Å². The van der Waals surface area contributed by atoms with Gasteiger partial charge in [0.2, 0.25) is 0 Å². The second-order valence-corrected chi connectivity index (χ2v) is 5.20. The number of hydrogen-bond donors (Lipinski definition) is 2. The van der Waals surface area contributed by atoms with Crippen molar-refractivity contribution in [3.05, 3.63) is 69.8 Å². The minimum atomic E-state index is -0.806. The van der Waals surface area contributed by atoms with Crippen LogP contribution in [0.2, 0.25) is 0 Å². The van der Waals surface area contributed by atoms with Crippen LogP contribution in [0.25, 0.3) is 0 Å². The molecule has 0 spiro atoms. The fraction of sp³-hybridized carbons (Fsp3) is 0.176. The molecule has 0 fully saturated rings. The van der Waals surface area contributed by atoms with Gasteiger partial charge in [-0.25, -0.2) is 0 Å². The zero-order valence-electron chi connectivity index (χ0n) is 13.1. The Labute approximate surface area is 138 Å². The van der Waals surface area contributed by atoms with E-state index in [0.717, 1.165) is 5.56 Å². The highest BCUT2D eigenvalue weighted by Gasteiger charge is 2.15. The highest BCUT2D eigenvalue weighted by atomic mass is 16.6. The lowest BCUT2D eigenvalue weighted by atomic mass is 10.1. The Hall–Kier alpha value is -3.22. The molecule has 0 aromatic heterocycles. The third-order valence-electron chi connectivity index (χ3n) is 3.42. The third-order valence-corrected chi connectivity index (χ3v) is 3.42. The number of carbonyl (C=O) groups excluding carboxylic acids is 2. The van der Waals surface area contributed by atoms with E-state index in [1.165, 1.54) is 18.2 Å². The Bertz CT molecular complexity index is 760. The normalized spacial score (nSPS) is 10.0. The van der Waals surface area contributed by atoms with Crippen molar-refractivity contribution < 1.29 is 14.5 Å². The number of aryl methyl sites for hydroxylation is 1. The third kappa shape index (κ3) is 4.64. The van der Waals surface area contributed by atoms with Crippen LogP contribution < -0.4 is 10.6 Å². The summed E-state index contributed by atoms with van der Waals surface area (Å²) in [6.07, 6.45) is 0.621. The molecule has 0 saturated carbocycles. The molecule has 0 bridgehead atoms. The lowest BCUT2D eigenvalue weighted by molar-refractivity contribution is -0.384. The van der Waals surface area contributed by atoms with Crippen molar-refractivity contribution in [1.82, 2.24) is 5.32 Å². The summed E-state index contributed by atoms with van der Waals surface area (Å²) in [5.74, 6) is -1.55. The average molecular weight is 327 g/mol. The maximum atomic E-state index is 11.9. The number of rotatable bonds is 5. The van der Waals surface area contributed by atoms with Crippen LogP contribution in [0.15, 0.2) is 48.5 Å². The van der Waals surface area contributed by atoms with E-state index >= 15 is 0 Å².